The molecule has 2 aromatic carbocycles. The molecule has 0 aliphatic carbocycles. The number of nitrogens with one attached hydrogen (secondary N) is 1. The zero-order valence-electron chi connectivity index (χ0n) is 13.3. The Morgan fingerprint density at radius 3 is 2.42 bits per heavy atom. The minimum absolute atomic E-state index is 0.0957. The summed E-state index contributed by atoms with van der Waals surface area (Å²) in [7, 11) is 0. The minimum atomic E-state index is -1.04. The first kappa shape index (κ1) is 15.7. The topological polar surface area (TPSA) is 92.2 Å². The number of aromatic amines is 1. The number of rotatable bonds is 3. The van der Waals surface area contributed by atoms with Crippen LogP contribution in [0.25, 0.3) is 10.8 Å². The molecule has 6 heteroatoms. The summed E-state index contributed by atoms with van der Waals surface area (Å²) in [5.74, 6) is -1.04. The van der Waals surface area contributed by atoms with E-state index in [9.17, 15) is 14.4 Å². The molecule has 0 bridgehead atoms. The van der Waals surface area contributed by atoms with Crippen molar-refractivity contribution in [1.29, 1.82) is 0 Å². The Balaban J connectivity index is 2.18. The van der Waals surface area contributed by atoms with Crippen LogP contribution in [-0.4, -0.2) is 20.9 Å². The fourth-order valence-corrected chi connectivity index (χ4v) is 2.84. The van der Waals surface area contributed by atoms with E-state index in [1.807, 2.05) is 12.1 Å². The molecule has 0 fully saturated rings. The predicted octanol–water partition coefficient (Wildman–Crippen LogP) is 2.05. The minimum Gasteiger partial charge on any atom is -0.478 e. The lowest BCUT2D eigenvalue weighted by molar-refractivity contribution is 0.0696. The summed E-state index contributed by atoms with van der Waals surface area (Å²) in [6.07, 6.45) is 0. The maximum Gasteiger partial charge on any atom is 0.335 e. The largest absolute Gasteiger partial charge is 0.478 e. The Labute approximate surface area is 137 Å². The number of hydrogen-bond donors (Lipinski definition) is 2. The highest BCUT2D eigenvalue weighted by atomic mass is 16.4. The maximum absolute atomic E-state index is 12.8. The SMILES string of the molecule is Cc1ccc(C)c2c(=O)n(Cc3cccc(C(=O)O)c3)[nH]c(=O)c12. The summed E-state index contributed by atoms with van der Waals surface area (Å²) in [5, 5.41) is 12.4. The maximum atomic E-state index is 12.8. The lowest BCUT2D eigenvalue weighted by atomic mass is 10.0. The molecule has 24 heavy (non-hydrogen) atoms. The van der Waals surface area contributed by atoms with E-state index in [4.69, 9.17) is 5.11 Å². The van der Waals surface area contributed by atoms with Crippen LogP contribution in [0.2, 0.25) is 0 Å². The van der Waals surface area contributed by atoms with Crippen LogP contribution in [0.1, 0.15) is 27.0 Å². The molecule has 0 atom stereocenters. The summed E-state index contributed by atoms with van der Waals surface area (Å²) >= 11 is 0. The van der Waals surface area contributed by atoms with E-state index >= 15 is 0 Å². The number of carboxylic acids is 1. The fraction of sp³-hybridized carbons (Fsp3) is 0.167. The molecule has 6 nitrogen and oxygen atoms in total. The van der Waals surface area contributed by atoms with Gasteiger partial charge in [0.15, 0.2) is 0 Å². The zero-order valence-corrected chi connectivity index (χ0v) is 13.3. The van der Waals surface area contributed by atoms with E-state index in [-0.39, 0.29) is 23.2 Å². The van der Waals surface area contributed by atoms with Crippen LogP contribution in [0.5, 0.6) is 0 Å². The highest BCUT2D eigenvalue weighted by molar-refractivity contribution is 5.88. The van der Waals surface area contributed by atoms with Gasteiger partial charge in [-0.2, -0.15) is 0 Å². The molecule has 0 saturated heterocycles. The van der Waals surface area contributed by atoms with Gasteiger partial charge >= 0.3 is 5.97 Å². The molecule has 3 rings (SSSR count). The van der Waals surface area contributed by atoms with E-state index in [1.54, 1.807) is 26.0 Å². The summed E-state index contributed by atoms with van der Waals surface area (Å²) in [6, 6.07) is 9.91. The predicted molar refractivity (Wildman–Crippen MR) is 90.8 cm³/mol. The molecule has 0 amide bonds. The third-order valence-electron chi connectivity index (χ3n) is 4.06. The molecule has 1 heterocycles. The number of carbonyl (C=O) groups is 1. The number of fused-ring (bicyclic) bond motifs is 1. The van der Waals surface area contributed by atoms with Crippen LogP contribution in [0.4, 0.5) is 0 Å². The smallest absolute Gasteiger partial charge is 0.335 e. The molecule has 0 aliphatic heterocycles. The molecule has 0 unspecified atom stereocenters. The fourth-order valence-electron chi connectivity index (χ4n) is 2.84. The van der Waals surface area contributed by atoms with Gasteiger partial charge in [0.25, 0.3) is 11.1 Å². The summed E-state index contributed by atoms with van der Waals surface area (Å²) < 4.78 is 1.22. The van der Waals surface area contributed by atoms with E-state index in [2.05, 4.69) is 5.10 Å². The number of carboxylic acid groups (broad SMARTS) is 1. The van der Waals surface area contributed by atoms with Gasteiger partial charge in [-0.15, -0.1) is 0 Å². The molecular formula is C18H16N2O4. The molecular weight excluding hydrogens is 308 g/mol. The average Bonchev–Trinajstić information content (AvgIpc) is 2.54. The van der Waals surface area contributed by atoms with Crippen LogP contribution in [0.3, 0.4) is 0 Å². The summed E-state index contributed by atoms with van der Waals surface area (Å²) in [6.45, 7) is 3.67. The van der Waals surface area contributed by atoms with Crippen molar-refractivity contribution in [2.45, 2.75) is 20.4 Å². The van der Waals surface area contributed by atoms with Gasteiger partial charge in [-0.25, -0.2) is 9.48 Å². The number of aromatic carboxylic acids is 1. The van der Waals surface area contributed by atoms with E-state index < -0.39 is 5.97 Å². The van der Waals surface area contributed by atoms with Crippen molar-refractivity contribution >= 4 is 16.7 Å². The van der Waals surface area contributed by atoms with Gasteiger partial charge in [-0.3, -0.25) is 14.7 Å². The van der Waals surface area contributed by atoms with Gasteiger partial charge in [-0.05, 0) is 42.7 Å². The summed E-state index contributed by atoms with van der Waals surface area (Å²) in [5.41, 5.74) is 1.61. The number of nitrogens with zero attached hydrogens (tertiary/aromatic N) is 1. The molecule has 1 aromatic heterocycles. The Morgan fingerprint density at radius 2 is 1.75 bits per heavy atom. The van der Waals surface area contributed by atoms with Gasteiger partial charge in [0.2, 0.25) is 0 Å². The second-order valence-electron chi connectivity index (χ2n) is 5.79. The number of aryl methyl sites for hydroxylation is 2. The lowest BCUT2D eigenvalue weighted by Gasteiger charge is -2.10. The first-order chi connectivity index (χ1) is 11.4. The van der Waals surface area contributed by atoms with Crippen molar-refractivity contribution < 1.29 is 9.90 Å². The van der Waals surface area contributed by atoms with Crippen LogP contribution in [-0.2, 0) is 6.54 Å². The second-order valence-corrected chi connectivity index (χ2v) is 5.79. The van der Waals surface area contributed by atoms with Crippen molar-refractivity contribution in [3.63, 3.8) is 0 Å². The van der Waals surface area contributed by atoms with Gasteiger partial charge in [0.1, 0.15) is 0 Å². The highest BCUT2D eigenvalue weighted by Gasteiger charge is 2.12. The Hall–Kier alpha value is -3.15. The summed E-state index contributed by atoms with van der Waals surface area (Å²) in [4.78, 5) is 36.2. The zero-order chi connectivity index (χ0) is 17.4. The van der Waals surface area contributed by atoms with Crippen LogP contribution < -0.4 is 11.1 Å². The van der Waals surface area contributed by atoms with E-state index in [0.717, 1.165) is 11.1 Å². The van der Waals surface area contributed by atoms with E-state index in [0.29, 0.717) is 16.3 Å². The number of benzene rings is 2. The van der Waals surface area contributed by atoms with Gasteiger partial charge in [0, 0.05) is 0 Å². The highest BCUT2D eigenvalue weighted by Crippen LogP contribution is 2.15. The van der Waals surface area contributed by atoms with Gasteiger partial charge < -0.3 is 5.11 Å². The number of hydrogen-bond acceptors (Lipinski definition) is 3. The van der Waals surface area contributed by atoms with Crippen molar-refractivity contribution in [2.75, 3.05) is 0 Å². The van der Waals surface area contributed by atoms with Crippen LogP contribution >= 0.6 is 0 Å². The van der Waals surface area contributed by atoms with Crippen molar-refractivity contribution in [3.8, 4) is 0 Å². The monoisotopic (exact) mass is 324 g/mol. The van der Waals surface area contributed by atoms with Gasteiger partial charge in [-0.1, -0.05) is 24.3 Å². The first-order valence-corrected chi connectivity index (χ1v) is 7.44. The normalized spacial score (nSPS) is 10.9. The molecule has 0 radical (unpaired) electrons. The van der Waals surface area contributed by atoms with Gasteiger partial charge in [0.05, 0.1) is 22.9 Å². The third kappa shape index (κ3) is 2.62. The molecule has 0 saturated carbocycles. The Kier molecular flexibility index (Phi) is 3.81. The van der Waals surface area contributed by atoms with E-state index in [1.165, 1.54) is 16.8 Å². The first-order valence-electron chi connectivity index (χ1n) is 7.44. The number of H-pyrrole nitrogens is 1. The average molecular weight is 324 g/mol. The lowest BCUT2D eigenvalue weighted by Crippen LogP contribution is -2.31. The Bertz CT molecular complexity index is 1080. The van der Waals surface area contributed by atoms with Crippen molar-refractivity contribution in [3.05, 3.63) is 79.4 Å². The van der Waals surface area contributed by atoms with Crippen molar-refractivity contribution in [1.82, 2.24) is 9.78 Å². The molecule has 122 valence electrons. The quantitative estimate of drug-likeness (QED) is 0.771. The van der Waals surface area contributed by atoms with Crippen molar-refractivity contribution in [2.24, 2.45) is 0 Å². The van der Waals surface area contributed by atoms with Crippen LogP contribution in [0, 0.1) is 13.8 Å². The second kappa shape index (κ2) is 5.81. The number of aromatic nitrogens is 2. The molecule has 3 aromatic rings. The van der Waals surface area contributed by atoms with Crippen LogP contribution in [0.15, 0.2) is 46.0 Å². The third-order valence-corrected chi connectivity index (χ3v) is 4.06. The molecule has 2 N–H and O–H groups in total. The molecule has 0 aliphatic rings. The molecule has 0 spiro atoms. The standard InChI is InChI=1S/C18H16N2O4/c1-10-6-7-11(2)15-14(10)16(21)19-20(17(15)22)9-12-4-3-5-13(8-12)18(23)24/h3-8H,9H2,1-2H3,(H,19,21)(H,23,24). The Morgan fingerprint density at radius 1 is 1.08 bits per heavy atom.